The predicted octanol–water partition coefficient (Wildman–Crippen LogP) is 2.02. The first-order valence-corrected chi connectivity index (χ1v) is 5.09. The largest absolute Gasteiger partial charge is 0.375 e. The topological polar surface area (TPSA) is 48.1 Å². The van der Waals surface area contributed by atoms with E-state index in [2.05, 4.69) is 11.6 Å². The number of pyridine rings is 1. The van der Waals surface area contributed by atoms with Crippen molar-refractivity contribution >= 4 is 0 Å². The Morgan fingerprint density at radius 2 is 2.20 bits per heavy atom. The van der Waals surface area contributed by atoms with Gasteiger partial charge in [0.15, 0.2) is 0 Å². The van der Waals surface area contributed by atoms with Crippen LogP contribution in [-0.2, 0) is 17.9 Å². The minimum atomic E-state index is 0.472. The van der Waals surface area contributed by atoms with Crippen molar-refractivity contribution in [2.75, 3.05) is 6.61 Å². The molecule has 0 saturated carbocycles. The molecule has 0 saturated heterocycles. The molecule has 3 nitrogen and oxygen atoms in total. The van der Waals surface area contributed by atoms with Crippen LogP contribution >= 0.6 is 0 Å². The minimum absolute atomic E-state index is 0.472. The summed E-state index contributed by atoms with van der Waals surface area (Å²) in [6, 6.07) is 5.81. The number of hydrogen-bond acceptors (Lipinski definition) is 3. The van der Waals surface area contributed by atoms with E-state index in [1.165, 1.54) is 0 Å². The molecule has 3 heteroatoms. The molecule has 1 aromatic heterocycles. The summed E-state index contributed by atoms with van der Waals surface area (Å²) in [5, 5.41) is 0. The zero-order chi connectivity index (χ0) is 11.1. The second-order valence-electron chi connectivity index (χ2n) is 3.58. The molecular weight excluding hydrogens is 188 g/mol. The third-order valence-electron chi connectivity index (χ3n) is 2.00. The Hall–Kier alpha value is -1.19. The summed E-state index contributed by atoms with van der Waals surface area (Å²) < 4.78 is 5.47. The number of aromatic nitrogens is 1. The molecule has 1 aromatic rings. The maximum atomic E-state index is 5.50. The molecule has 82 valence electrons. The maximum Gasteiger partial charge on any atom is 0.0888 e. The summed E-state index contributed by atoms with van der Waals surface area (Å²) in [5.41, 5.74) is 8.47. The molecule has 0 atom stereocenters. The Morgan fingerprint density at radius 1 is 1.47 bits per heavy atom. The monoisotopic (exact) mass is 206 g/mol. The number of rotatable bonds is 6. The first-order chi connectivity index (χ1) is 7.22. The van der Waals surface area contributed by atoms with Gasteiger partial charge in [0.2, 0.25) is 0 Å². The second-order valence-corrected chi connectivity index (χ2v) is 3.58. The third kappa shape index (κ3) is 4.72. The molecular formula is C12H18N2O. The molecule has 0 bridgehead atoms. The van der Waals surface area contributed by atoms with Crippen molar-refractivity contribution in [1.82, 2.24) is 4.98 Å². The Morgan fingerprint density at radius 3 is 2.87 bits per heavy atom. The van der Waals surface area contributed by atoms with Crippen LogP contribution in [0.2, 0.25) is 0 Å². The first-order valence-electron chi connectivity index (χ1n) is 5.09. The summed E-state index contributed by atoms with van der Waals surface area (Å²) in [5.74, 6) is 0. The average molecular weight is 206 g/mol. The zero-order valence-corrected chi connectivity index (χ0v) is 9.20. The summed E-state index contributed by atoms with van der Waals surface area (Å²) >= 11 is 0. The molecule has 0 fully saturated rings. The molecule has 1 rings (SSSR count). The lowest BCUT2D eigenvalue weighted by Crippen LogP contribution is -2.03. The van der Waals surface area contributed by atoms with Crippen molar-refractivity contribution < 1.29 is 4.74 Å². The van der Waals surface area contributed by atoms with Gasteiger partial charge in [-0.15, -0.1) is 6.58 Å². The van der Waals surface area contributed by atoms with Gasteiger partial charge in [0.1, 0.15) is 0 Å². The highest BCUT2D eigenvalue weighted by Crippen LogP contribution is 2.02. The van der Waals surface area contributed by atoms with Crippen LogP contribution in [0.5, 0.6) is 0 Å². The van der Waals surface area contributed by atoms with Crippen LogP contribution in [0.4, 0.5) is 0 Å². The van der Waals surface area contributed by atoms with E-state index < -0.39 is 0 Å². The van der Waals surface area contributed by atoms with Gasteiger partial charge in [-0.05, 0) is 25.5 Å². The van der Waals surface area contributed by atoms with Crippen molar-refractivity contribution in [3.63, 3.8) is 0 Å². The SMILES string of the molecule is C=C(C)CCOCc1cccc(CN)n1. The van der Waals surface area contributed by atoms with E-state index in [0.29, 0.717) is 19.8 Å². The lowest BCUT2D eigenvalue weighted by atomic mass is 10.2. The number of nitrogens with zero attached hydrogens (tertiary/aromatic N) is 1. The molecule has 0 amide bonds. The Balaban J connectivity index is 2.33. The van der Waals surface area contributed by atoms with Gasteiger partial charge in [0.05, 0.1) is 24.6 Å². The lowest BCUT2D eigenvalue weighted by Gasteiger charge is -2.04. The Labute approximate surface area is 91.0 Å². The Bertz CT molecular complexity index is 323. The van der Waals surface area contributed by atoms with E-state index in [9.17, 15) is 0 Å². The highest BCUT2D eigenvalue weighted by molar-refractivity contribution is 5.10. The average Bonchev–Trinajstić information content (AvgIpc) is 2.24. The van der Waals surface area contributed by atoms with Crippen LogP contribution in [0.3, 0.4) is 0 Å². The van der Waals surface area contributed by atoms with E-state index >= 15 is 0 Å². The summed E-state index contributed by atoms with van der Waals surface area (Å²) in [6.07, 6.45) is 0.899. The quantitative estimate of drug-likeness (QED) is 0.572. The van der Waals surface area contributed by atoms with Gasteiger partial charge in [0.25, 0.3) is 0 Å². The fourth-order valence-corrected chi connectivity index (χ4v) is 1.15. The van der Waals surface area contributed by atoms with Gasteiger partial charge in [-0.25, -0.2) is 0 Å². The molecule has 0 aliphatic heterocycles. The fraction of sp³-hybridized carbons (Fsp3) is 0.417. The van der Waals surface area contributed by atoms with Crippen LogP contribution in [0.15, 0.2) is 30.4 Å². The number of hydrogen-bond donors (Lipinski definition) is 1. The molecule has 1 heterocycles. The molecule has 15 heavy (non-hydrogen) atoms. The van der Waals surface area contributed by atoms with Gasteiger partial charge in [-0.1, -0.05) is 11.6 Å². The summed E-state index contributed by atoms with van der Waals surface area (Å²) in [6.45, 7) is 7.52. The van der Waals surface area contributed by atoms with E-state index in [-0.39, 0.29) is 0 Å². The van der Waals surface area contributed by atoms with Crippen LogP contribution in [0.1, 0.15) is 24.7 Å². The van der Waals surface area contributed by atoms with Crippen molar-refractivity contribution in [3.05, 3.63) is 41.7 Å². The highest BCUT2D eigenvalue weighted by Gasteiger charge is 1.96. The van der Waals surface area contributed by atoms with E-state index in [4.69, 9.17) is 10.5 Å². The molecule has 0 radical (unpaired) electrons. The molecule has 0 aromatic carbocycles. The van der Waals surface area contributed by atoms with E-state index in [1.54, 1.807) is 0 Å². The number of ether oxygens (including phenoxy) is 1. The highest BCUT2D eigenvalue weighted by atomic mass is 16.5. The van der Waals surface area contributed by atoms with Gasteiger partial charge in [0, 0.05) is 6.54 Å². The van der Waals surface area contributed by atoms with Crippen LogP contribution in [0.25, 0.3) is 0 Å². The molecule has 0 spiro atoms. The smallest absolute Gasteiger partial charge is 0.0888 e. The molecule has 0 unspecified atom stereocenters. The van der Waals surface area contributed by atoms with Crippen molar-refractivity contribution in [3.8, 4) is 0 Å². The fourth-order valence-electron chi connectivity index (χ4n) is 1.15. The number of nitrogens with two attached hydrogens (primary N) is 1. The minimum Gasteiger partial charge on any atom is -0.375 e. The zero-order valence-electron chi connectivity index (χ0n) is 9.20. The van der Waals surface area contributed by atoms with Crippen molar-refractivity contribution in [2.45, 2.75) is 26.5 Å². The standard InChI is InChI=1S/C12H18N2O/c1-10(2)6-7-15-9-12-5-3-4-11(8-13)14-12/h3-5H,1,6-9,13H2,2H3. The summed E-state index contributed by atoms with van der Waals surface area (Å²) in [4.78, 5) is 4.34. The van der Waals surface area contributed by atoms with Gasteiger partial charge in [-0.3, -0.25) is 4.98 Å². The third-order valence-corrected chi connectivity index (χ3v) is 2.00. The van der Waals surface area contributed by atoms with Crippen LogP contribution < -0.4 is 5.73 Å². The lowest BCUT2D eigenvalue weighted by molar-refractivity contribution is 0.121. The Kier molecular flexibility index (Phi) is 5.01. The molecule has 0 aliphatic rings. The van der Waals surface area contributed by atoms with Crippen molar-refractivity contribution in [1.29, 1.82) is 0 Å². The normalized spacial score (nSPS) is 10.3. The summed E-state index contributed by atoms with van der Waals surface area (Å²) in [7, 11) is 0. The molecule has 2 N–H and O–H groups in total. The first kappa shape index (κ1) is 11.9. The maximum absolute atomic E-state index is 5.50. The van der Waals surface area contributed by atoms with Gasteiger partial charge < -0.3 is 10.5 Å². The van der Waals surface area contributed by atoms with Crippen LogP contribution in [-0.4, -0.2) is 11.6 Å². The van der Waals surface area contributed by atoms with Gasteiger partial charge in [-0.2, -0.15) is 0 Å². The van der Waals surface area contributed by atoms with Gasteiger partial charge >= 0.3 is 0 Å². The van der Waals surface area contributed by atoms with Crippen molar-refractivity contribution in [2.24, 2.45) is 5.73 Å². The molecule has 0 aliphatic carbocycles. The second kappa shape index (κ2) is 6.32. The van der Waals surface area contributed by atoms with E-state index in [0.717, 1.165) is 23.4 Å². The van der Waals surface area contributed by atoms with E-state index in [1.807, 2.05) is 25.1 Å². The predicted molar refractivity (Wildman–Crippen MR) is 61.2 cm³/mol. The van der Waals surface area contributed by atoms with Crippen LogP contribution in [0, 0.1) is 0 Å².